The van der Waals surface area contributed by atoms with E-state index in [0.717, 1.165) is 51.4 Å². The number of aromatic hydroxyl groups is 6. The average molecular weight is 509 g/mol. The van der Waals surface area contributed by atoms with Gasteiger partial charge in [-0.3, -0.25) is 0 Å². The molecule has 6 heteroatoms. The molecule has 3 aromatic rings. The van der Waals surface area contributed by atoms with Crippen LogP contribution in [0, 0.1) is 0 Å². The molecule has 0 amide bonds. The topological polar surface area (TPSA) is 121 Å². The van der Waals surface area contributed by atoms with Gasteiger partial charge in [0.1, 0.15) is 34.5 Å². The van der Waals surface area contributed by atoms with E-state index < -0.39 is 5.92 Å². The molecule has 0 saturated heterocycles. The third-order valence-electron chi connectivity index (χ3n) is 7.00. The number of benzene rings is 3. The van der Waals surface area contributed by atoms with Gasteiger partial charge in [-0.25, -0.2) is 0 Å². The zero-order chi connectivity index (χ0) is 26.9. The number of aryl methyl sites for hydroxylation is 2. The van der Waals surface area contributed by atoms with E-state index in [0.29, 0.717) is 40.7 Å². The van der Waals surface area contributed by atoms with Crippen molar-refractivity contribution in [3.63, 3.8) is 0 Å². The molecule has 200 valence electrons. The standard InChI is InChI=1S/C31H40O6/c1-3-5-7-9-11-20-15-24(29(36)18-26(20)33)31(23-14-13-22(32)17-28(23)35)25-16-21(12-10-8-6-4-2)27(34)19-30(25)37/h13-19,31-37H,3-12H2,1-2H3. The highest BCUT2D eigenvalue weighted by atomic mass is 16.3. The number of phenols is 6. The van der Waals surface area contributed by atoms with E-state index in [1.54, 1.807) is 18.2 Å². The summed E-state index contributed by atoms with van der Waals surface area (Å²) in [5.41, 5.74) is 2.52. The fourth-order valence-electron chi connectivity index (χ4n) is 4.91. The number of hydrogen-bond acceptors (Lipinski definition) is 6. The van der Waals surface area contributed by atoms with Gasteiger partial charge in [-0.2, -0.15) is 0 Å². The average Bonchev–Trinajstić information content (AvgIpc) is 2.85. The van der Waals surface area contributed by atoms with Crippen molar-refractivity contribution in [1.29, 1.82) is 0 Å². The molecule has 3 rings (SSSR count). The minimum absolute atomic E-state index is 0.00188. The van der Waals surface area contributed by atoms with Crippen LogP contribution >= 0.6 is 0 Å². The van der Waals surface area contributed by atoms with Gasteiger partial charge in [-0.05, 0) is 55.0 Å². The van der Waals surface area contributed by atoms with Crippen molar-refractivity contribution in [2.24, 2.45) is 0 Å². The van der Waals surface area contributed by atoms with Crippen LogP contribution in [-0.4, -0.2) is 30.6 Å². The van der Waals surface area contributed by atoms with Crippen molar-refractivity contribution in [1.82, 2.24) is 0 Å². The van der Waals surface area contributed by atoms with Gasteiger partial charge in [-0.1, -0.05) is 58.4 Å². The van der Waals surface area contributed by atoms with Gasteiger partial charge >= 0.3 is 0 Å². The van der Waals surface area contributed by atoms with E-state index in [1.807, 2.05) is 0 Å². The van der Waals surface area contributed by atoms with Crippen LogP contribution in [0.4, 0.5) is 0 Å². The smallest absolute Gasteiger partial charge is 0.123 e. The Morgan fingerprint density at radius 3 is 1.38 bits per heavy atom. The number of rotatable bonds is 13. The summed E-state index contributed by atoms with van der Waals surface area (Å²) >= 11 is 0. The summed E-state index contributed by atoms with van der Waals surface area (Å²) in [5.74, 6) is -1.48. The van der Waals surface area contributed by atoms with Crippen LogP contribution in [0.1, 0.15) is 98.9 Å². The van der Waals surface area contributed by atoms with Crippen molar-refractivity contribution >= 4 is 0 Å². The lowest BCUT2D eigenvalue weighted by Crippen LogP contribution is -2.07. The molecule has 0 aliphatic carbocycles. The summed E-state index contributed by atoms with van der Waals surface area (Å²) < 4.78 is 0. The summed E-state index contributed by atoms with van der Waals surface area (Å²) in [5, 5.41) is 63.7. The lowest BCUT2D eigenvalue weighted by atomic mass is 9.81. The SMILES string of the molecule is CCCCCCc1cc(C(c2ccc(O)cc2O)c2cc(CCCCCC)c(O)cc2O)c(O)cc1O. The monoisotopic (exact) mass is 508 g/mol. The second kappa shape index (κ2) is 13.1. The molecule has 0 saturated carbocycles. The van der Waals surface area contributed by atoms with Crippen LogP contribution in [0.2, 0.25) is 0 Å². The number of unbranched alkanes of at least 4 members (excludes halogenated alkanes) is 6. The zero-order valence-corrected chi connectivity index (χ0v) is 21.9. The predicted octanol–water partition coefficient (Wildman–Crippen LogP) is 7.35. The Hall–Kier alpha value is -3.54. The highest BCUT2D eigenvalue weighted by Crippen LogP contribution is 2.47. The van der Waals surface area contributed by atoms with Crippen molar-refractivity contribution in [3.05, 3.63) is 70.3 Å². The highest BCUT2D eigenvalue weighted by molar-refractivity contribution is 5.60. The molecule has 0 radical (unpaired) electrons. The lowest BCUT2D eigenvalue weighted by Gasteiger charge is -2.24. The summed E-state index contributed by atoms with van der Waals surface area (Å²) in [7, 11) is 0. The lowest BCUT2D eigenvalue weighted by molar-refractivity contribution is 0.431. The van der Waals surface area contributed by atoms with Crippen molar-refractivity contribution < 1.29 is 30.6 Å². The molecule has 0 aliphatic heterocycles. The maximum absolute atomic E-state index is 11.0. The van der Waals surface area contributed by atoms with Gasteiger partial charge in [0.05, 0.1) is 0 Å². The quantitative estimate of drug-likeness (QED) is 0.106. The molecule has 0 bridgehead atoms. The van der Waals surface area contributed by atoms with Gasteiger partial charge < -0.3 is 30.6 Å². The fraction of sp³-hybridized carbons (Fsp3) is 0.419. The Kier molecular flexibility index (Phi) is 9.95. The summed E-state index contributed by atoms with van der Waals surface area (Å²) in [6, 6.07) is 10.3. The number of hydrogen-bond donors (Lipinski definition) is 6. The summed E-state index contributed by atoms with van der Waals surface area (Å²) in [4.78, 5) is 0. The Labute approximate surface area is 219 Å². The van der Waals surface area contributed by atoms with Crippen molar-refractivity contribution in [2.75, 3.05) is 0 Å². The van der Waals surface area contributed by atoms with Gasteiger partial charge in [0.25, 0.3) is 0 Å². The van der Waals surface area contributed by atoms with Crippen LogP contribution in [0.15, 0.2) is 42.5 Å². The maximum Gasteiger partial charge on any atom is 0.123 e. The largest absolute Gasteiger partial charge is 0.508 e. The molecule has 0 heterocycles. The van der Waals surface area contributed by atoms with Crippen LogP contribution in [-0.2, 0) is 12.8 Å². The van der Waals surface area contributed by atoms with Crippen LogP contribution < -0.4 is 0 Å². The maximum atomic E-state index is 11.0. The molecule has 0 aliphatic rings. The van der Waals surface area contributed by atoms with E-state index in [2.05, 4.69) is 13.8 Å². The minimum atomic E-state index is -0.814. The van der Waals surface area contributed by atoms with Crippen LogP contribution in [0.3, 0.4) is 0 Å². The third kappa shape index (κ3) is 7.03. The number of phenolic OH excluding ortho intramolecular Hbond substituents is 6. The van der Waals surface area contributed by atoms with E-state index >= 15 is 0 Å². The Morgan fingerprint density at radius 2 is 0.946 bits per heavy atom. The summed E-state index contributed by atoms with van der Waals surface area (Å²) in [6.07, 6.45) is 9.43. The molecule has 6 nitrogen and oxygen atoms in total. The molecular formula is C31H40O6. The van der Waals surface area contributed by atoms with E-state index in [-0.39, 0.29) is 34.5 Å². The highest BCUT2D eigenvalue weighted by Gasteiger charge is 2.28. The van der Waals surface area contributed by atoms with Crippen molar-refractivity contribution in [2.45, 2.75) is 84.0 Å². The van der Waals surface area contributed by atoms with Gasteiger partial charge in [0.2, 0.25) is 0 Å². The summed E-state index contributed by atoms with van der Waals surface area (Å²) in [6.45, 7) is 4.26. The molecule has 37 heavy (non-hydrogen) atoms. The van der Waals surface area contributed by atoms with Crippen molar-refractivity contribution in [3.8, 4) is 34.5 Å². The third-order valence-corrected chi connectivity index (χ3v) is 7.00. The molecule has 6 N–H and O–H groups in total. The molecular weight excluding hydrogens is 468 g/mol. The molecule has 0 atom stereocenters. The van der Waals surface area contributed by atoms with Crippen LogP contribution in [0.5, 0.6) is 34.5 Å². The zero-order valence-electron chi connectivity index (χ0n) is 21.9. The van der Waals surface area contributed by atoms with E-state index in [9.17, 15) is 30.6 Å². The first-order valence-corrected chi connectivity index (χ1v) is 13.4. The second-order valence-corrected chi connectivity index (χ2v) is 9.88. The van der Waals surface area contributed by atoms with Gasteiger partial charge in [-0.15, -0.1) is 0 Å². The van der Waals surface area contributed by atoms with E-state index in [1.165, 1.54) is 24.3 Å². The Balaban J connectivity index is 2.14. The molecule has 0 unspecified atom stereocenters. The van der Waals surface area contributed by atoms with Crippen LogP contribution in [0.25, 0.3) is 0 Å². The predicted molar refractivity (Wildman–Crippen MR) is 146 cm³/mol. The normalized spacial score (nSPS) is 11.3. The molecule has 0 spiro atoms. The molecule has 0 aromatic heterocycles. The van der Waals surface area contributed by atoms with E-state index in [4.69, 9.17) is 0 Å². The molecule has 0 fully saturated rings. The first kappa shape index (κ1) is 28.0. The fourth-order valence-corrected chi connectivity index (χ4v) is 4.91. The van der Waals surface area contributed by atoms with Gasteiger partial charge in [0.15, 0.2) is 0 Å². The van der Waals surface area contributed by atoms with Gasteiger partial charge in [0, 0.05) is 40.8 Å². The first-order valence-electron chi connectivity index (χ1n) is 13.4. The Morgan fingerprint density at radius 1 is 0.486 bits per heavy atom. The second-order valence-electron chi connectivity index (χ2n) is 9.88. The molecule has 3 aromatic carbocycles. The first-order chi connectivity index (χ1) is 17.8. The minimum Gasteiger partial charge on any atom is -0.508 e. The Bertz CT molecular complexity index is 1120.